The van der Waals surface area contributed by atoms with E-state index < -0.39 is 39.2 Å². The lowest BCUT2D eigenvalue weighted by molar-refractivity contribution is -0.0500. The van der Waals surface area contributed by atoms with E-state index in [-0.39, 0.29) is 42.6 Å². The maximum atomic E-state index is 13.4. The number of thiophene rings is 1. The van der Waals surface area contributed by atoms with Gasteiger partial charge in [-0.15, -0.1) is 11.3 Å². The second kappa shape index (κ2) is 12.3. The summed E-state index contributed by atoms with van der Waals surface area (Å²) in [4.78, 5) is 23.5. The van der Waals surface area contributed by atoms with Crippen LogP contribution in [0.1, 0.15) is 52.4 Å². The van der Waals surface area contributed by atoms with E-state index in [1.807, 2.05) is 6.92 Å². The number of hydrogen-bond donors (Lipinski definition) is 0. The molecule has 1 aliphatic heterocycles. The molecule has 0 fully saturated rings. The number of methoxy groups -OCH3 is 1. The van der Waals surface area contributed by atoms with Crippen molar-refractivity contribution in [2.75, 3.05) is 26.9 Å². The van der Waals surface area contributed by atoms with Gasteiger partial charge in [0.15, 0.2) is 0 Å². The van der Waals surface area contributed by atoms with Crippen LogP contribution < -0.4 is 8.92 Å². The summed E-state index contributed by atoms with van der Waals surface area (Å²) in [5.41, 5.74) is -4.99. The number of carbonyl (C=O) groups is 1. The number of halogens is 3. The first-order chi connectivity index (χ1) is 21.5. The predicted octanol–water partition coefficient (Wildman–Crippen LogP) is 6.35. The Morgan fingerprint density at radius 2 is 1.87 bits per heavy atom. The van der Waals surface area contributed by atoms with Crippen LogP contribution in [0.2, 0.25) is 0 Å². The molecule has 0 unspecified atom stereocenters. The number of pyridine rings is 2. The number of amides is 1. The minimum absolute atomic E-state index is 0.00253. The quantitative estimate of drug-likeness (QED) is 0.118. The third kappa shape index (κ3) is 6.48. The first-order valence-corrected chi connectivity index (χ1v) is 16.4. The molecule has 5 rings (SSSR count). The van der Waals surface area contributed by atoms with Gasteiger partial charge in [-0.3, -0.25) is 14.6 Å². The van der Waals surface area contributed by atoms with E-state index in [0.29, 0.717) is 27.4 Å². The molecule has 0 spiro atoms. The van der Waals surface area contributed by atoms with E-state index in [1.165, 1.54) is 19.4 Å². The first kappa shape index (κ1) is 33.4. The summed E-state index contributed by atoms with van der Waals surface area (Å²) in [6, 6.07) is 5.55. The van der Waals surface area contributed by atoms with Crippen molar-refractivity contribution in [3.63, 3.8) is 0 Å². The van der Waals surface area contributed by atoms with E-state index in [1.54, 1.807) is 60.9 Å². The third-order valence-electron chi connectivity index (χ3n) is 7.01. The lowest BCUT2D eigenvalue weighted by Crippen LogP contribution is -2.45. The molecule has 0 aliphatic carbocycles. The summed E-state index contributed by atoms with van der Waals surface area (Å²) in [6.45, 7) is 9.66. The number of hydrogen-bond acceptors (Lipinski definition) is 11. The molecule has 0 N–H and O–H groups in total. The molecular formula is C29H32F3N5O7S2. The Hall–Kier alpha value is -3.96. The smallest absolute Gasteiger partial charge is 0.489 e. The largest absolute Gasteiger partial charge is 0.534 e. The van der Waals surface area contributed by atoms with Gasteiger partial charge in [-0.1, -0.05) is 0 Å². The zero-order valence-corrected chi connectivity index (χ0v) is 27.4. The van der Waals surface area contributed by atoms with Gasteiger partial charge in [-0.05, 0) is 64.3 Å². The van der Waals surface area contributed by atoms with Crippen LogP contribution in [0.15, 0.2) is 35.8 Å². The molecule has 248 valence electrons. The number of carbonyl (C=O) groups excluding carboxylic acids is 1. The summed E-state index contributed by atoms with van der Waals surface area (Å²) >= 11 is 1.13. The van der Waals surface area contributed by atoms with Crippen molar-refractivity contribution >= 4 is 37.6 Å². The van der Waals surface area contributed by atoms with Gasteiger partial charge in [0, 0.05) is 19.9 Å². The summed E-state index contributed by atoms with van der Waals surface area (Å²) in [6.07, 6.45) is 1.00. The highest BCUT2D eigenvalue weighted by Gasteiger charge is 2.49. The first-order valence-electron chi connectivity index (χ1n) is 14.1. The van der Waals surface area contributed by atoms with Crippen molar-refractivity contribution in [3.8, 4) is 34.3 Å². The molecule has 1 aliphatic rings. The van der Waals surface area contributed by atoms with Crippen molar-refractivity contribution in [3.05, 3.63) is 41.5 Å². The molecule has 12 nitrogen and oxygen atoms in total. The molecule has 0 saturated heterocycles. The van der Waals surface area contributed by atoms with Crippen LogP contribution in [0.25, 0.3) is 32.7 Å². The average molecular weight is 684 g/mol. The molecule has 4 aromatic rings. The van der Waals surface area contributed by atoms with Crippen LogP contribution in [0, 0.1) is 0 Å². The Morgan fingerprint density at radius 3 is 2.54 bits per heavy atom. The number of nitrogens with zero attached hydrogens (tertiary/aromatic N) is 5. The molecule has 5 heterocycles. The van der Waals surface area contributed by atoms with Gasteiger partial charge in [-0.2, -0.15) is 26.7 Å². The molecule has 0 radical (unpaired) electrons. The molecular weight excluding hydrogens is 651 g/mol. The van der Waals surface area contributed by atoms with Crippen molar-refractivity contribution in [2.24, 2.45) is 0 Å². The Morgan fingerprint density at radius 1 is 1.13 bits per heavy atom. The lowest BCUT2D eigenvalue weighted by Gasteiger charge is -2.38. The molecule has 0 aromatic carbocycles. The fraction of sp³-hybridized carbons (Fsp3) is 0.448. The predicted molar refractivity (Wildman–Crippen MR) is 163 cm³/mol. The Balaban J connectivity index is 1.72. The normalized spacial score (nSPS) is 17.2. The number of ether oxygens (including phenoxy) is 3. The fourth-order valence-corrected chi connectivity index (χ4v) is 6.33. The standard InChI is InChI=1S/C29H32F3N5O7S2/c1-16-15-36(27(38)43-28(3,4)5)17(2)20-14-19(35-37(16)20)23-22(24-21(8-7-10-33-24)42-12-11-41-6)25-18(9-13-45-25)26(34-23)44-46(39,40)29(30,31)32/h7-10,13-14,16-17H,11-12,15H2,1-6H3/t16-,17+/m0/s1. The van der Waals surface area contributed by atoms with Gasteiger partial charge in [-0.25, -0.2) is 9.78 Å². The van der Waals surface area contributed by atoms with Gasteiger partial charge in [0.05, 0.1) is 40.0 Å². The van der Waals surface area contributed by atoms with Crippen molar-refractivity contribution < 1.29 is 44.8 Å². The highest BCUT2D eigenvalue weighted by molar-refractivity contribution is 7.88. The molecule has 2 atom stereocenters. The molecule has 4 aromatic heterocycles. The Labute approximate surface area is 267 Å². The van der Waals surface area contributed by atoms with E-state index in [2.05, 4.69) is 14.2 Å². The minimum Gasteiger partial charge on any atom is -0.489 e. The minimum atomic E-state index is -6.07. The van der Waals surface area contributed by atoms with Crippen molar-refractivity contribution in [2.45, 2.75) is 57.8 Å². The molecule has 17 heteroatoms. The zero-order valence-electron chi connectivity index (χ0n) is 25.8. The highest BCUT2D eigenvalue weighted by Crippen LogP contribution is 2.46. The van der Waals surface area contributed by atoms with E-state index in [0.717, 1.165) is 11.3 Å². The Kier molecular flexibility index (Phi) is 8.96. The summed E-state index contributed by atoms with van der Waals surface area (Å²) < 4.78 is 87.8. The topological polar surface area (TPSA) is 135 Å². The Bertz CT molecular complexity index is 1870. The van der Waals surface area contributed by atoms with Crippen molar-refractivity contribution in [1.82, 2.24) is 24.6 Å². The van der Waals surface area contributed by atoms with E-state index in [9.17, 15) is 26.4 Å². The molecule has 0 bridgehead atoms. The van der Waals surface area contributed by atoms with Gasteiger partial charge < -0.3 is 18.4 Å². The zero-order chi connectivity index (χ0) is 33.6. The number of fused-ring (bicyclic) bond motifs is 2. The van der Waals surface area contributed by atoms with Gasteiger partial charge in [0.25, 0.3) is 0 Å². The van der Waals surface area contributed by atoms with Crippen LogP contribution in [-0.4, -0.2) is 77.1 Å². The SMILES string of the molecule is COCCOc1cccnc1-c1c(-c2cc3n(n2)[C@@H](C)CN(C(=O)OC(C)(C)C)[C@@H]3C)nc(OS(=O)(=O)C(F)(F)F)c2ccsc12. The third-order valence-corrected chi connectivity index (χ3v) is 8.88. The van der Waals surface area contributed by atoms with Crippen LogP contribution >= 0.6 is 11.3 Å². The monoisotopic (exact) mass is 683 g/mol. The molecule has 1 amide bonds. The number of aromatic nitrogens is 4. The lowest BCUT2D eigenvalue weighted by atomic mass is 10.0. The number of alkyl halides is 3. The van der Waals surface area contributed by atoms with E-state index in [4.69, 9.17) is 19.3 Å². The summed E-state index contributed by atoms with van der Waals surface area (Å²) in [5, 5.41) is 6.35. The van der Waals surface area contributed by atoms with Crippen molar-refractivity contribution in [1.29, 1.82) is 0 Å². The molecule has 0 saturated carbocycles. The van der Waals surface area contributed by atoms with Crippen LogP contribution in [0.3, 0.4) is 0 Å². The second-order valence-electron chi connectivity index (χ2n) is 11.5. The molecule has 46 heavy (non-hydrogen) atoms. The second-order valence-corrected chi connectivity index (χ2v) is 14.0. The average Bonchev–Trinajstić information content (AvgIpc) is 3.63. The van der Waals surface area contributed by atoms with Gasteiger partial charge in [0.1, 0.15) is 35.0 Å². The van der Waals surface area contributed by atoms with Crippen LogP contribution in [0.4, 0.5) is 18.0 Å². The highest BCUT2D eigenvalue weighted by atomic mass is 32.2. The maximum absolute atomic E-state index is 13.4. The van der Waals surface area contributed by atoms with Gasteiger partial charge >= 0.3 is 21.7 Å². The van der Waals surface area contributed by atoms with E-state index >= 15 is 0 Å². The number of rotatable bonds is 8. The summed E-state index contributed by atoms with van der Waals surface area (Å²) in [5.74, 6) is -0.441. The van der Waals surface area contributed by atoms with Gasteiger partial charge in [0.2, 0.25) is 5.88 Å². The van der Waals surface area contributed by atoms with Crippen LogP contribution in [0.5, 0.6) is 11.6 Å². The maximum Gasteiger partial charge on any atom is 0.534 e. The fourth-order valence-electron chi connectivity index (χ4n) is 4.97. The summed E-state index contributed by atoms with van der Waals surface area (Å²) in [7, 11) is -4.55. The van der Waals surface area contributed by atoms with Crippen LogP contribution in [-0.2, 0) is 19.6 Å².